The van der Waals surface area contributed by atoms with Crippen molar-refractivity contribution >= 4 is 39.1 Å². The normalized spacial score (nSPS) is 11.1. The lowest BCUT2D eigenvalue weighted by Crippen LogP contribution is -2.06. The lowest BCUT2D eigenvalue weighted by atomic mass is 10.1. The third kappa shape index (κ3) is 1.11. The van der Waals surface area contributed by atoms with E-state index in [2.05, 4.69) is 36.0 Å². The maximum absolute atomic E-state index is 5.86. The fraction of sp³-hybridized carbons (Fsp3) is 0. The standard InChI is InChI=1S/C7H6N10/c8-2-1-4(11-15-14-7(1)10)6-5(3(2)9)12-16-17-13-6/h8-9H2,(H2,10,11,14). The Labute approximate surface area is 93.2 Å². The summed E-state index contributed by atoms with van der Waals surface area (Å²) in [7, 11) is 0. The number of hydrogen-bond acceptors (Lipinski definition) is 10. The van der Waals surface area contributed by atoms with Gasteiger partial charge in [0.25, 0.3) is 0 Å². The van der Waals surface area contributed by atoms with Gasteiger partial charge in [-0.05, 0) is 15.6 Å². The molecule has 3 rings (SSSR count). The van der Waals surface area contributed by atoms with Crippen LogP contribution in [0.4, 0.5) is 17.2 Å². The van der Waals surface area contributed by atoms with Crippen molar-refractivity contribution in [1.82, 2.24) is 36.0 Å². The van der Waals surface area contributed by atoms with Gasteiger partial charge in [0.15, 0.2) is 5.82 Å². The summed E-state index contributed by atoms with van der Waals surface area (Å²) in [6, 6.07) is 0. The van der Waals surface area contributed by atoms with Gasteiger partial charge in [-0.25, -0.2) is 0 Å². The molecule has 0 unspecified atom stereocenters. The number of fused-ring (bicyclic) bond motifs is 3. The van der Waals surface area contributed by atoms with E-state index in [1.807, 2.05) is 0 Å². The molecule has 2 heterocycles. The van der Waals surface area contributed by atoms with Crippen molar-refractivity contribution in [3.8, 4) is 0 Å². The maximum Gasteiger partial charge on any atom is 0.159 e. The maximum atomic E-state index is 5.86. The third-order valence-electron chi connectivity index (χ3n) is 2.38. The molecule has 0 aliphatic rings. The molecule has 0 radical (unpaired) electrons. The highest BCUT2D eigenvalue weighted by Crippen LogP contribution is 2.34. The number of hydrogen-bond donors (Lipinski definition) is 3. The summed E-state index contributed by atoms with van der Waals surface area (Å²) in [5, 5.41) is 25.7. The molecule has 1 aromatic carbocycles. The highest BCUT2D eigenvalue weighted by Gasteiger charge is 2.17. The predicted molar refractivity (Wildman–Crippen MR) is 59.3 cm³/mol. The quantitative estimate of drug-likeness (QED) is 0.235. The van der Waals surface area contributed by atoms with E-state index in [-0.39, 0.29) is 17.2 Å². The van der Waals surface area contributed by atoms with Crippen LogP contribution in [-0.2, 0) is 0 Å². The molecule has 0 spiro atoms. The van der Waals surface area contributed by atoms with Gasteiger partial charge in [0.1, 0.15) is 16.6 Å². The zero-order valence-electron chi connectivity index (χ0n) is 8.36. The molecule has 84 valence electrons. The van der Waals surface area contributed by atoms with Gasteiger partial charge in [-0.15, -0.1) is 20.4 Å². The van der Waals surface area contributed by atoms with E-state index in [0.29, 0.717) is 21.9 Å². The lowest BCUT2D eigenvalue weighted by molar-refractivity contribution is 0.797. The monoisotopic (exact) mass is 230 g/mol. The Hall–Kier alpha value is -2.91. The Morgan fingerprint density at radius 1 is 0.588 bits per heavy atom. The molecule has 2 aromatic heterocycles. The van der Waals surface area contributed by atoms with Gasteiger partial charge in [-0.3, -0.25) is 0 Å². The van der Waals surface area contributed by atoms with E-state index in [1.54, 1.807) is 0 Å². The van der Waals surface area contributed by atoms with Gasteiger partial charge in [0, 0.05) is 0 Å². The molecular weight excluding hydrogens is 224 g/mol. The van der Waals surface area contributed by atoms with Crippen molar-refractivity contribution in [1.29, 1.82) is 0 Å². The van der Waals surface area contributed by atoms with E-state index in [1.165, 1.54) is 0 Å². The molecular formula is C7H6N10. The van der Waals surface area contributed by atoms with Crippen LogP contribution in [0.25, 0.3) is 21.9 Å². The summed E-state index contributed by atoms with van der Waals surface area (Å²) < 4.78 is 0. The predicted octanol–water partition coefficient (Wildman–Crippen LogP) is -1.50. The molecule has 17 heavy (non-hydrogen) atoms. The summed E-state index contributed by atoms with van der Waals surface area (Å²) in [6.07, 6.45) is 0. The summed E-state index contributed by atoms with van der Waals surface area (Å²) in [5.41, 5.74) is 18.8. The van der Waals surface area contributed by atoms with Gasteiger partial charge in [0.05, 0.1) is 16.8 Å². The molecule has 0 fully saturated rings. The highest BCUT2D eigenvalue weighted by atomic mass is 15.4. The molecule has 0 saturated carbocycles. The molecule has 0 atom stereocenters. The van der Waals surface area contributed by atoms with Crippen LogP contribution in [0.3, 0.4) is 0 Å². The van der Waals surface area contributed by atoms with Crippen molar-refractivity contribution < 1.29 is 0 Å². The summed E-state index contributed by atoms with van der Waals surface area (Å²) in [5.74, 6) is 0.125. The molecule has 6 N–H and O–H groups in total. The zero-order chi connectivity index (χ0) is 12.0. The second-order valence-corrected chi connectivity index (χ2v) is 3.30. The second-order valence-electron chi connectivity index (χ2n) is 3.30. The van der Waals surface area contributed by atoms with Crippen LogP contribution in [0.2, 0.25) is 0 Å². The van der Waals surface area contributed by atoms with Crippen molar-refractivity contribution in [2.24, 2.45) is 0 Å². The van der Waals surface area contributed by atoms with Crippen molar-refractivity contribution in [3.63, 3.8) is 0 Å². The van der Waals surface area contributed by atoms with Crippen molar-refractivity contribution in [2.45, 2.75) is 0 Å². The molecule has 10 heteroatoms. The first-order valence-electron chi connectivity index (χ1n) is 4.51. The minimum absolute atomic E-state index is 0.125. The summed E-state index contributed by atoms with van der Waals surface area (Å²) >= 11 is 0. The lowest BCUT2D eigenvalue weighted by Gasteiger charge is -2.07. The van der Waals surface area contributed by atoms with Gasteiger partial charge >= 0.3 is 0 Å². The topological polar surface area (TPSA) is 168 Å². The first-order chi connectivity index (χ1) is 8.20. The first kappa shape index (κ1) is 9.33. The van der Waals surface area contributed by atoms with E-state index >= 15 is 0 Å². The Morgan fingerprint density at radius 3 is 2.00 bits per heavy atom. The van der Waals surface area contributed by atoms with E-state index in [9.17, 15) is 0 Å². The molecule has 0 bridgehead atoms. The van der Waals surface area contributed by atoms with Crippen LogP contribution in [0.1, 0.15) is 0 Å². The number of nitrogen functional groups attached to an aromatic ring is 3. The molecule has 0 amide bonds. The van der Waals surface area contributed by atoms with Gasteiger partial charge in [-0.1, -0.05) is 0 Å². The summed E-state index contributed by atoms with van der Waals surface area (Å²) in [4.78, 5) is 0. The molecule has 3 aromatic rings. The molecule has 0 aliphatic heterocycles. The van der Waals surface area contributed by atoms with Crippen molar-refractivity contribution in [3.05, 3.63) is 0 Å². The molecule has 0 aliphatic carbocycles. The fourth-order valence-electron chi connectivity index (χ4n) is 1.60. The van der Waals surface area contributed by atoms with Gasteiger partial charge in [0.2, 0.25) is 0 Å². The van der Waals surface area contributed by atoms with Gasteiger partial charge in [-0.2, -0.15) is 0 Å². The smallest absolute Gasteiger partial charge is 0.159 e. The number of nitrogens with zero attached hydrogens (tertiary/aromatic N) is 7. The largest absolute Gasteiger partial charge is 0.396 e. The van der Waals surface area contributed by atoms with Crippen LogP contribution >= 0.6 is 0 Å². The van der Waals surface area contributed by atoms with Crippen LogP contribution in [0.5, 0.6) is 0 Å². The molecule has 0 saturated heterocycles. The van der Waals surface area contributed by atoms with E-state index in [4.69, 9.17) is 17.2 Å². The third-order valence-corrected chi connectivity index (χ3v) is 2.38. The van der Waals surface area contributed by atoms with E-state index < -0.39 is 0 Å². The fourth-order valence-corrected chi connectivity index (χ4v) is 1.60. The average molecular weight is 230 g/mol. The average Bonchev–Trinajstić information content (AvgIpc) is 2.36. The highest BCUT2D eigenvalue weighted by molar-refractivity contribution is 6.17. The zero-order valence-corrected chi connectivity index (χ0v) is 8.36. The number of anilines is 3. The molecule has 10 nitrogen and oxygen atoms in total. The minimum atomic E-state index is 0.125. The van der Waals surface area contributed by atoms with E-state index in [0.717, 1.165) is 0 Å². The van der Waals surface area contributed by atoms with Crippen LogP contribution in [0, 0.1) is 0 Å². The second kappa shape index (κ2) is 3.04. The number of nitrogens with two attached hydrogens (primary N) is 3. The first-order valence-corrected chi connectivity index (χ1v) is 4.51. The number of benzene rings is 1. The van der Waals surface area contributed by atoms with Crippen molar-refractivity contribution in [2.75, 3.05) is 17.2 Å². The Bertz CT molecular complexity index is 737. The van der Waals surface area contributed by atoms with Gasteiger partial charge < -0.3 is 17.2 Å². The Kier molecular flexibility index (Phi) is 1.67. The van der Waals surface area contributed by atoms with Crippen LogP contribution < -0.4 is 17.2 Å². The SMILES string of the molecule is Nc1c(N)c2c(N)nnnc2c2nnnnc12. The number of aromatic nitrogens is 7. The Morgan fingerprint density at radius 2 is 1.24 bits per heavy atom. The van der Waals surface area contributed by atoms with Crippen LogP contribution in [-0.4, -0.2) is 36.0 Å². The number of rotatable bonds is 0. The van der Waals surface area contributed by atoms with Crippen LogP contribution in [0.15, 0.2) is 0 Å². The minimum Gasteiger partial charge on any atom is -0.396 e. The summed E-state index contributed by atoms with van der Waals surface area (Å²) in [6.45, 7) is 0. The Balaban J connectivity index is 2.70.